The molecule has 0 bridgehead atoms. The molecular weight excluding hydrogens is 304 g/mol. The first-order chi connectivity index (χ1) is 10.7. The standard InChI is InChI=1S/C14H12N4O3S/c1-8(9-2-3-10-11(6-9)21-7-20-10)16-13-17-18-12(19)4-5-15-14(18)22-13/h2-6,8H,7H2,1H3,(H,16,17). The van der Waals surface area contributed by atoms with Crippen LogP contribution in [0.2, 0.25) is 0 Å². The zero-order chi connectivity index (χ0) is 15.1. The number of rotatable bonds is 3. The molecule has 3 aromatic rings. The van der Waals surface area contributed by atoms with Crippen LogP contribution < -0.4 is 20.3 Å². The molecule has 0 spiro atoms. The monoisotopic (exact) mass is 316 g/mol. The first-order valence-electron chi connectivity index (χ1n) is 6.72. The number of aromatic nitrogens is 3. The van der Waals surface area contributed by atoms with E-state index < -0.39 is 0 Å². The van der Waals surface area contributed by atoms with E-state index in [0.717, 1.165) is 17.1 Å². The van der Waals surface area contributed by atoms with Gasteiger partial charge in [-0.15, -0.1) is 5.10 Å². The molecule has 1 aliphatic rings. The Morgan fingerprint density at radius 3 is 3.05 bits per heavy atom. The molecule has 0 aliphatic carbocycles. The fraction of sp³-hybridized carbons (Fsp3) is 0.214. The summed E-state index contributed by atoms with van der Waals surface area (Å²) in [6.07, 6.45) is 1.49. The van der Waals surface area contributed by atoms with Gasteiger partial charge in [-0.1, -0.05) is 17.4 Å². The smallest absolute Gasteiger partial charge is 0.275 e. The second-order valence-electron chi connectivity index (χ2n) is 4.86. The normalized spacial score (nSPS) is 14.2. The zero-order valence-corrected chi connectivity index (χ0v) is 12.5. The maximum atomic E-state index is 11.7. The highest BCUT2D eigenvalue weighted by molar-refractivity contribution is 7.20. The molecule has 22 heavy (non-hydrogen) atoms. The molecule has 0 amide bonds. The van der Waals surface area contributed by atoms with Gasteiger partial charge in [-0.3, -0.25) is 4.79 Å². The highest BCUT2D eigenvalue weighted by Gasteiger charge is 2.16. The lowest BCUT2D eigenvalue weighted by Crippen LogP contribution is -2.13. The predicted molar refractivity (Wildman–Crippen MR) is 81.7 cm³/mol. The highest BCUT2D eigenvalue weighted by Crippen LogP contribution is 2.35. The van der Waals surface area contributed by atoms with Gasteiger partial charge in [0, 0.05) is 12.3 Å². The van der Waals surface area contributed by atoms with Crippen LogP contribution >= 0.6 is 11.3 Å². The van der Waals surface area contributed by atoms with E-state index in [1.165, 1.54) is 28.1 Å². The number of hydrogen-bond donors (Lipinski definition) is 1. The average Bonchev–Trinajstić information content (AvgIpc) is 3.13. The number of nitrogens with zero attached hydrogens (tertiary/aromatic N) is 3. The van der Waals surface area contributed by atoms with E-state index in [9.17, 15) is 4.79 Å². The quantitative estimate of drug-likeness (QED) is 0.797. The summed E-state index contributed by atoms with van der Waals surface area (Å²) in [6.45, 7) is 2.27. The summed E-state index contributed by atoms with van der Waals surface area (Å²) < 4.78 is 12.0. The first kappa shape index (κ1) is 13.1. The number of benzene rings is 1. The van der Waals surface area contributed by atoms with Crippen molar-refractivity contribution >= 4 is 21.4 Å². The Morgan fingerprint density at radius 1 is 1.32 bits per heavy atom. The third-order valence-corrected chi connectivity index (χ3v) is 4.26. The van der Waals surface area contributed by atoms with Gasteiger partial charge in [0.05, 0.1) is 6.04 Å². The van der Waals surface area contributed by atoms with E-state index >= 15 is 0 Å². The molecular formula is C14H12N4O3S. The molecule has 4 rings (SSSR count). The van der Waals surface area contributed by atoms with Gasteiger partial charge in [-0.2, -0.15) is 4.52 Å². The molecule has 8 heteroatoms. The molecule has 0 fully saturated rings. The number of ether oxygens (including phenoxy) is 2. The fourth-order valence-electron chi connectivity index (χ4n) is 2.25. The van der Waals surface area contributed by atoms with E-state index in [1.54, 1.807) is 0 Å². The van der Waals surface area contributed by atoms with Crippen LogP contribution in [0.3, 0.4) is 0 Å². The van der Waals surface area contributed by atoms with Crippen molar-refractivity contribution in [1.29, 1.82) is 0 Å². The lowest BCUT2D eigenvalue weighted by molar-refractivity contribution is 0.174. The molecule has 0 saturated carbocycles. The van der Waals surface area contributed by atoms with Crippen LogP contribution in [0.5, 0.6) is 11.5 Å². The van der Waals surface area contributed by atoms with E-state index in [-0.39, 0.29) is 18.4 Å². The summed E-state index contributed by atoms with van der Waals surface area (Å²) in [5, 5.41) is 8.16. The molecule has 1 N–H and O–H groups in total. The summed E-state index contributed by atoms with van der Waals surface area (Å²) in [7, 11) is 0. The summed E-state index contributed by atoms with van der Waals surface area (Å²) in [4.78, 5) is 16.4. The second kappa shape index (κ2) is 4.99. The molecule has 0 saturated heterocycles. The van der Waals surface area contributed by atoms with Crippen LogP contribution in [0.4, 0.5) is 5.13 Å². The molecule has 3 heterocycles. The van der Waals surface area contributed by atoms with Crippen molar-refractivity contribution in [3.8, 4) is 11.5 Å². The third kappa shape index (κ3) is 2.17. The van der Waals surface area contributed by atoms with Crippen LogP contribution in [-0.4, -0.2) is 21.4 Å². The van der Waals surface area contributed by atoms with Gasteiger partial charge < -0.3 is 14.8 Å². The summed E-state index contributed by atoms with van der Waals surface area (Å²) in [5.74, 6) is 1.50. The van der Waals surface area contributed by atoms with Crippen molar-refractivity contribution in [2.45, 2.75) is 13.0 Å². The summed E-state index contributed by atoms with van der Waals surface area (Å²) in [5.41, 5.74) is 0.855. The van der Waals surface area contributed by atoms with Crippen LogP contribution in [-0.2, 0) is 0 Å². The Morgan fingerprint density at radius 2 is 2.18 bits per heavy atom. The van der Waals surface area contributed by atoms with Gasteiger partial charge in [-0.25, -0.2) is 4.98 Å². The first-order valence-corrected chi connectivity index (χ1v) is 7.53. The zero-order valence-electron chi connectivity index (χ0n) is 11.6. The number of anilines is 1. The van der Waals surface area contributed by atoms with Crippen LogP contribution in [0, 0.1) is 0 Å². The summed E-state index contributed by atoms with van der Waals surface area (Å²) >= 11 is 1.33. The Kier molecular flexibility index (Phi) is 2.97. The minimum atomic E-state index is -0.190. The topological polar surface area (TPSA) is 77.8 Å². The summed E-state index contributed by atoms with van der Waals surface area (Å²) in [6, 6.07) is 7.20. The maximum absolute atomic E-state index is 11.7. The van der Waals surface area contributed by atoms with Gasteiger partial charge in [0.2, 0.25) is 16.9 Å². The van der Waals surface area contributed by atoms with Gasteiger partial charge in [0.1, 0.15) is 0 Å². The predicted octanol–water partition coefficient (Wildman–Crippen LogP) is 2.05. The Labute approximate surface area is 129 Å². The third-order valence-electron chi connectivity index (χ3n) is 3.41. The highest BCUT2D eigenvalue weighted by atomic mass is 32.1. The largest absolute Gasteiger partial charge is 0.454 e. The van der Waals surface area contributed by atoms with Gasteiger partial charge >= 0.3 is 0 Å². The molecule has 1 atom stereocenters. The molecule has 2 aromatic heterocycles. The van der Waals surface area contributed by atoms with Crippen molar-refractivity contribution in [3.05, 3.63) is 46.4 Å². The second-order valence-corrected chi connectivity index (χ2v) is 5.82. The maximum Gasteiger partial charge on any atom is 0.275 e. The molecule has 7 nitrogen and oxygen atoms in total. The Balaban J connectivity index is 1.61. The molecule has 0 radical (unpaired) electrons. The number of nitrogens with one attached hydrogen (secondary N) is 1. The number of hydrogen-bond acceptors (Lipinski definition) is 7. The SMILES string of the molecule is CC(Nc1nn2c(=O)ccnc2s1)c1ccc2c(c1)OCO2. The minimum absolute atomic E-state index is 0.00534. The van der Waals surface area contributed by atoms with Crippen LogP contribution in [0.1, 0.15) is 18.5 Å². The Hall–Kier alpha value is -2.61. The van der Waals surface area contributed by atoms with Gasteiger partial charge in [0.15, 0.2) is 11.5 Å². The van der Waals surface area contributed by atoms with Gasteiger partial charge in [-0.05, 0) is 24.6 Å². The van der Waals surface area contributed by atoms with Crippen LogP contribution in [0.15, 0.2) is 35.3 Å². The van der Waals surface area contributed by atoms with Crippen molar-refractivity contribution in [3.63, 3.8) is 0 Å². The van der Waals surface area contributed by atoms with Gasteiger partial charge in [0.25, 0.3) is 5.56 Å². The number of fused-ring (bicyclic) bond motifs is 2. The van der Waals surface area contributed by atoms with Crippen molar-refractivity contribution in [2.75, 3.05) is 12.1 Å². The molecule has 1 unspecified atom stereocenters. The lowest BCUT2D eigenvalue weighted by atomic mass is 10.1. The van der Waals surface area contributed by atoms with E-state index in [4.69, 9.17) is 9.47 Å². The van der Waals surface area contributed by atoms with E-state index in [2.05, 4.69) is 15.4 Å². The Bertz CT molecular complexity index is 904. The molecule has 1 aromatic carbocycles. The van der Waals surface area contributed by atoms with Crippen molar-refractivity contribution < 1.29 is 9.47 Å². The van der Waals surface area contributed by atoms with E-state index in [1.807, 2.05) is 25.1 Å². The van der Waals surface area contributed by atoms with Crippen LogP contribution in [0.25, 0.3) is 4.96 Å². The lowest BCUT2D eigenvalue weighted by Gasteiger charge is -2.13. The minimum Gasteiger partial charge on any atom is -0.454 e. The van der Waals surface area contributed by atoms with E-state index in [0.29, 0.717) is 10.1 Å². The molecule has 112 valence electrons. The van der Waals surface area contributed by atoms with Crippen molar-refractivity contribution in [2.24, 2.45) is 0 Å². The molecule has 1 aliphatic heterocycles. The van der Waals surface area contributed by atoms with Crippen molar-refractivity contribution in [1.82, 2.24) is 14.6 Å². The average molecular weight is 316 g/mol. The fourth-order valence-corrected chi connectivity index (χ4v) is 3.11.